The third-order valence-corrected chi connectivity index (χ3v) is 6.05. The van der Waals surface area contributed by atoms with Crippen molar-refractivity contribution in [1.82, 2.24) is 15.2 Å². The zero-order valence-electron chi connectivity index (χ0n) is 20.1. The van der Waals surface area contributed by atoms with E-state index in [-0.39, 0.29) is 17.9 Å². The van der Waals surface area contributed by atoms with Crippen molar-refractivity contribution in [2.75, 3.05) is 17.2 Å². The largest absolute Gasteiger partial charge is 0.405 e. The lowest BCUT2D eigenvalue weighted by atomic mass is 9.84. The number of rotatable bonds is 5. The fourth-order valence-corrected chi connectivity index (χ4v) is 4.41. The Kier molecular flexibility index (Phi) is 6.67. The number of hydrogen-bond donors (Lipinski definition) is 4. The Morgan fingerprint density at radius 3 is 2.34 bits per heavy atom. The molecule has 1 fully saturated rings. The van der Waals surface area contributed by atoms with Crippen molar-refractivity contribution in [3.63, 3.8) is 0 Å². The summed E-state index contributed by atoms with van der Waals surface area (Å²) in [5, 5.41) is 34.2. The Morgan fingerprint density at radius 1 is 1.03 bits per heavy atom. The molecule has 11 heteroatoms. The molecule has 3 aromatic rings. The maximum atomic E-state index is 12.8. The standard InChI is InChI=1S/C24H30F3N5O3/c1-12-5-19(21-31-32-22(35-21)29-14-6-15(33)10-16(34)7-14)30-20-17(12)8-13(28-11-24(25,26)27)9-18(20)23(2,3)4/h5,8-9,14-16,28,33-34H,6-7,10-11H2,1-4H3,(H,29,32). The van der Waals surface area contributed by atoms with Crippen LogP contribution in [0.1, 0.15) is 51.2 Å². The summed E-state index contributed by atoms with van der Waals surface area (Å²) in [5.41, 5.74) is 2.66. The number of aryl methyl sites for hydroxylation is 1. The summed E-state index contributed by atoms with van der Waals surface area (Å²) in [5.74, 6) is 0.188. The Bertz CT molecular complexity index is 1200. The first-order chi connectivity index (χ1) is 16.3. The Hall–Kier alpha value is -2.92. The number of hydrogen-bond acceptors (Lipinski definition) is 8. The van der Waals surface area contributed by atoms with E-state index < -0.39 is 30.3 Å². The molecule has 2 aromatic heterocycles. The lowest BCUT2D eigenvalue weighted by Crippen LogP contribution is -2.37. The van der Waals surface area contributed by atoms with Crippen LogP contribution in [0.5, 0.6) is 0 Å². The second kappa shape index (κ2) is 9.27. The zero-order valence-corrected chi connectivity index (χ0v) is 20.1. The summed E-state index contributed by atoms with van der Waals surface area (Å²) in [4.78, 5) is 4.75. The molecule has 2 unspecified atom stereocenters. The third-order valence-electron chi connectivity index (χ3n) is 6.05. The van der Waals surface area contributed by atoms with Crippen molar-refractivity contribution in [3.8, 4) is 11.6 Å². The van der Waals surface area contributed by atoms with E-state index in [0.29, 0.717) is 36.2 Å². The van der Waals surface area contributed by atoms with Crippen LogP contribution in [0.4, 0.5) is 24.9 Å². The molecule has 0 bridgehead atoms. The van der Waals surface area contributed by atoms with Gasteiger partial charge in [-0.15, -0.1) is 5.10 Å². The molecule has 1 aromatic carbocycles. The van der Waals surface area contributed by atoms with Gasteiger partial charge in [0.2, 0.25) is 0 Å². The van der Waals surface area contributed by atoms with Crippen LogP contribution in [0, 0.1) is 6.92 Å². The molecule has 0 aliphatic heterocycles. The summed E-state index contributed by atoms with van der Waals surface area (Å²) < 4.78 is 44.1. The minimum Gasteiger partial charge on any atom is -0.402 e. The molecular formula is C24H30F3N5O3. The van der Waals surface area contributed by atoms with Gasteiger partial charge in [0.1, 0.15) is 12.2 Å². The van der Waals surface area contributed by atoms with Crippen molar-refractivity contribution >= 4 is 22.6 Å². The first-order valence-electron chi connectivity index (χ1n) is 11.5. The average molecular weight is 494 g/mol. The van der Waals surface area contributed by atoms with Crippen LogP contribution >= 0.6 is 0 Å². The van der Waals surface area contributed by atoms with Crippen molar-refractivity contribution in [1.29, 1.82) is 0 Å². The average Bonchev–Trinajstić information content (AvgIpc) is 3.18. The molecule has 4 N–H and O–H groups in total. The van der Waals surface area contributed by atoms with Crippen molar-refractivity contribution < 1.29 is 27.8 Å². The molecule has 1 aliphatic rings. The van der Waals surface area contributed by atoms with Crippen LogP contribution in [0.3, 0.4) is 0 Å². The predicted octanol–water partition coefficient (Wildman–Crippen LogP) is 4.55. The van der Waals surface area contributed by atoms with Gasteiger partial charge in [0.05, 0.1) is 17.7 Å². The molecule has 4 rings (SSSR count). The molecule has 1 saturated carbocycles. The molecule has 190 valence electrons. The van der Waals surface area contributed by atoms with E-state index in [2.05, 4.69) is 20.8 Å². The summed E-state index contributed by atoms with van der Waals surface area (Å²) in [7, 11) is 0. The van der Waals surface area contributed by atoms with Crippen LogP contribution in [-0.4, -0.2) is 56.4 Å². The van der Waals surface area contributed by atoms with E-state index in [9.17, 15) is 23.4 Å². The highest BCUT2D eigenvalue weighted by Crippen LogP contribution is 2.36. The number of halogens is 3. The molecule has 2 heterocycles. The van der Waals surface area contributed by atoms with Crippen molar-refractivity contribution in [2.24, 2.45) is 0 Å². The highest BCUT2D eigenvalue weighted by atomic mass is 19.4. The predicted molar refractivity (Wildman–Crippen MR) is 126 cm³/mol. The minimum absolute atomic E-state index is 0.161. The van der Waals surface area contributed by atoms with Gasteiger partial charge in [-0.2, -0.15) is 13.2 Å². The SMILES string of the molecule is Cc1cc(-c2nnc(NC3CC(O)CC(O)C3)o2)nc2c(C(C)(C)C)cc(NCC(F)(F)F)cc12. The highest BCUT2D eigenvalue weighted by molar-refractivity contribution is 5.90. The van der Waals surface area contributed by atoms with Gasteiger partial charge in [0.15, 0.2) is 0 Å². The van der Waals surface area contributed by atoms with E-state index >= 15 is 0 Å². The summed E-state index contributed by atoms with van der Waals surface area (Å²) in [6.07, 6.45) is -4.27. The number of fused-ring (bicyclic) bond motifs is 1. The lowest BCUT2D eigenvalue weighted by Gasteiger charge is -2.29. The molecule has 35 heavy (non-hydrogen) atoms. The second-order valence-corrected chi connectivity index (χ2v) is 10.2. The zero-order chi connectivity index (χ0) is 25.5. The molecule has 0 spiro atoms. The normalized spacial score (nSPS) is 21.3. The Balaban J connectivity index is 1.67. The monoisotopic (exact) mass is 493 g/mol. The van der Waals surface area contributed by atoms with Crippen molar-refractivity contribution in [3.05, 3.63) is 29.3 Å². The van der Waals surface area contributed by atoms with Gasteiger partial charge in [-0.3, -0.25) is 0 Å². The van der Waals surface area contributed by atoms with Gasteiger partial charge in [-0.1, -0.05) is 25.9 Å². The van der Waals surface area contributed by atoms with Gasteiger partial charge in [0, 0.05) is 17.1 Å². The summed E-state index contributed by atoms with van der Waals surface area (Å²) >= 11 is 0. The van der Waals surface area contributed by atoms with Gasteiger partial charge >= 0.3 is 12.2 Å². The number of pyridine rings is 1. The van der Waals surface area contributed by atoms with Gasteiger partial charge < -0.3 is 25.3 Å². The molecule has 2 atom stereocenters. The molecule has 0 amide bonds. The van der Waals surface area contributed by atoms with E-state index in [4.69, 9.17) is 9.40 Å². The number of aromatic nitrogens is 3. The van der Waals surface area contributed by atoms with Crippen LogP contribution in [0.15, 0.2) is 22.6 Å². The van der Waals surface area contributed by atoms with E-state index in [1.807, 2.05) is 27.7 Å². The minimum atomic E-state index is -4.33. The third kappa shape index (κ3) is 6.02. The number of benzene rings is 1. The van der Waals surface area contributed by atoms with Crippen LogP contribution in [-0.2, 0) is 5.41 Å². The topological polar surface area (TPSA) is 116 Å². The number of alkyl halides is 3. The van der Waals surface area contributed by atoms with Crippen molar-refractivity contribution in [2.45, 2.75) is 76.8 Å². The summed E-state index contributed by atoms with van der Waals surface area (Å²) in [6.45, 7) is 6.65. The van der Waals surface area contributed by atoms with Gasteiger partial charge in [-0.25, -0.2) is 4.98 Å². The Labute approximate surface area is 201 Å². The lowest BCUT2D eigenvalue weighted by molar-refractivity contribution is -0.115. The number of nitrogens with zero attached hydrogens (tertiary/aromatic N) is 3. The van der Waals surface area contributed by atoms with E-state index in [0.717, 1.165) is 16.5 Å². The highest BCUT2D eigenvalue weighted by Gasteiger charge is 2.29. The fraction of sp³-hybridized carbons (Fsp3) is 0.542. The number of aliphatic hydroxyl groups is 2. The molecule has 0 saturated heterocycles. The van der Waals surface area contributed by atoms with Crippen LogP contribution in [0.2, 0.25) is 0 Å². The van der Waals surface area contributed by atoms with Crippen LogP contribution < -0.4 is 10.6 Å². The first kappa shape index (κ1) is 25.2. The second-order valence-electron chi connectivity index (χ2n) is 10.2. The van der Waals surface area contributed by atoms with E-state index in [1.54, 1.807) is 18.2 Å². The van der Waals surface area contributed by atoms with Gasteiger partial charge in [-0.05, 0) is 60.9 Å². The molecule has 1 aliphatic carbocycles. The number of nitrogens with one attached hydrogen (secondary N) is 2. The smallest absolute Gasteiger partial charge is 0.402 e. The van der Waals surface area contributed by atoms with E-state index in [1.165, 1.54) is 0 Å². The Morgan fingerprint density at radius 2 is 1.71 bits per heavy atom. The fourth-order valence-electron chi connectivity index (χ4n) is 4.41. The molecule has 8 nitrogen and oxygen atoms in total. The number of anilines is 2. The summed E-state index contributed by atoms with van der Waals surface area (Å²) in [6, 6.07) is 5.08. The van der Waals surface area contributed by atoms with Gasteiger partial charge in [0.25, 0.3) is 5.89 Å². The van der Waals surface area contributed by atoms with Crippen LogP contribution in [0.25, 0.3) is 22.5 Å². The molecular weight excluding hydrogens is 463 g/mol. The number of aliphatic hydroxyl groups excluding tert-OH is 2. The maximum Gasteiger partial charge on any atom is 0.405 e. The first-order valence-corrected chi connectivity index (χ1v) is 11.5. The molecule has 0 radical (unpaired) electrons. The maximum absolute atomic E-state index is 12.8. The quantitative estimate of drug-likeness (QED) is 0.409.